The van der Waals surface area contributed by atoms with E-state index in [0.717, 1.165) is 18.3 Å². The number of benzene rings is 1. The summed E-state index contributed by atoms with van der Waals surface area (Å²) in [7, 11) is 0. The zero-order valence-electron chi connectivity index (χ0n) is 11.4. The Labute approximate surface area is 126 Å². The van der Waals surface area contributed by atoms with Crippen molar-refractivity contribution in [3.8, 4) is 0 Å². The minimum Gasteiger partial charge on any atom is -0.378 e. The number of alkyl halides is 3. The average Bonchev–Trinajstić information content (AvgIpc) is 2.39. The van der Waals surface area contributed by atoms with Gasteiger partial charge in [-0.25, -0.2) is 9.38 Å². The number of hydrogen-bond donors (Lipinski definition) is 3. The van der Waals surface area contributed by atoms with E-state index in [-0.39, 0.29) is 5.56 Å². The summed E-state index contributed by atoms with van der Waals surface area (Å²) in [6.07, 6.45) is -4.44. The average molecular weight is 333 g/mol. The van der Waals surface area contributed by atoms with E-state index in [2.05, 4.69) is 10.3 Å². The Bertz CT molecular complexity index is 716. The van der Waals surface area contributed by atoms with E-state index in [1.807, 2.05) is 0 Å². The number of nitrogens with zero attached hydrogens (tertiary/aromatic N) is 2. The highest BCUT2D eigenvalue weighted by Crippen LogP contribution is 2.34. The Morgan fingerprint density at radius 3 is 2.57 bits per heavy atom. The third-order valence-corrected chi connectivity index (χ3v) is 3.08. The summed E-state index contributed by atoms with van der Waals surface area (Å²) in [6, 6.07) is 2.11. The minimum absolute atomic E-state index is 0.330. The predicted molar refractivity (Wildman–Crippen MR) is 71.9 cm³/mol. The van der Waals surface area contributed by atoms with Gasteiger partial charge in [0.15, 0.2) is 5.79 Å². The van der Waals surface area contributed by atoms with Gasteiger partial charge >= 0.3 is 11.9 Å². The van der Waals surface area contributed by atoms with Gasteiger partial charge in [-0.15, -0.1) is 0 Å². The minimum atomic E-state index is -4.79. The van der Waals surface area contributed by atoms with Crippen LogP contribution in [0.25, 0.3) is 0 Å². The van der Waals surface area contributed by atoms with Crippen molar-refractivity contribution in [2.24, 2.45) is 16.5 Å². The maximum Gasteiger partial charge on any atom is 0.416 e. The monoisotopic (exact) mass is 333 g/mol. The number of nitrogens with one attached hydrogen (secondary N) is 1. The molecule has 1 aromatic rings. The smallest absolute Gasteiger partial charge is 0.378 e. The van der Waals surface area contributed by atoms with E-state index in [1.165, 1.54) is 0 Å². The molecule has 1 unspecified atom stereocenters. The molecular formula is C12H11F4N5O2. The largest absolute Gasteiger partial charge is 0.416 e. The zero-order chi connectivity index (χ0) is 17.4. The van der Waals surface area contributed by atoms with Crippen LogP contribution in [0.4, 0.5) is 17.6 Å². The fourth-order valence-corrected chi connectivity index (χ4v) is 2.07. The van der Waals surface area contributed by atoms with Gasteiger partial charge in [0, 0.05) is 6.42 Å². The summed E-state index contributed by atoms with van der Waals surface area (Å²) in [5, 5.41) is 13.0. The second-order valence-electron chi connectivity index (χ2n) is 4.83. The van der Waals surface area contributed by atoms with E-state index in [4.69, 9.17) is 11.5 Å². The van der Waals surface area contributed by atoms with Gasteiger partial charge in [-0.05, 0) is 17.7 Å². The highest BCUT2D eigenvalue weighted by atomic mass is 19.4. The summed E-state index contributed by atoms with van der Waals surface area (Å²) in [4.78, 5) is 13.5. The molecule has 0 amide bonds. The zero-order valence-corrected chi connectivity index (χ0v) is 11.4. The summed E-state index contributed by atoms with van der Waals surface area (Å²) in [6.45, 7) is 0. The van der Waals surface area contributed by atoms with Crippen LogP contribution in [-0.4, -0.2) is 16.5 Å². The van der Waals surface area contributed by atoms with Crippen molar-refractivity contribution in [1.82, 2.24) is 5.32 Å². The predicted octanol–water partition coefficient (Wildman–Crippen LogP) is 1.08. The lowest BCUT2D eigenvalue weighted by Crippen LogP contribution is -2.55. The molecule has 1 atom stereocenters. The van der Waals surface area contributed by atoms with Crippen molar-refractivity contribution in [3.05, 3.63) is 57.2 Å². The van der Waals surface area contributed by atoms with Crippen molar-refractivity contribution < 1.29 is 22.5 Å². The number of aliphatic imine (C=N–C) groups is 1. The Balaban J connectivity index is 2.36. The van der Waals surface area contributed by atoms with Crippen LogP contribution in [0.15, 0.2) is 35.1 Å². The topological polar surface area (TPSA) is 120 Å². The van der Waals surface area contributed by atoms with E-state index in [0.29, 0.717) is 6.07 Å². The molecule has 23 heavy (non-hydrogen) atoms. The van der Waals surface area contributed by atoms with E-state index < -0.39 is 46.2 Å². The normalized spacial score (nSPS) is 21.3. The first kappa shape index (κ1) is 16.7. The fourth-order valence-electron chi connectivity index (χ4n) is 2.07. The molecule has 0 fully saturated rings. The van der Waals surface area contributed by atoms with Gasteiger partial charge in [0.2, 0.25) is 5.84 Å². The van der Waals surface area contributed by atoms with Crippen molar-refractivity contribution in [2.45, 2.75) is 18.4 Å². The van der Waals surface area contributed by atoms with Gasteiger partial charge in [0.1, 0.15) is 5.82 Å². The third kappa shape index (κ3) is 3.56. The first-order chi connectivity index (χ1) is 10.5. The SMILES string of the molecule is NC1=NC(N)(Cc2ccc(F)cc2C(F)(F)F)NC=C1[N+](=O)[O-]. The van der Waals surface area contributed by atoms with Gasteiger partial charge in [0.05, 0.1) is 16.7 Å². The second-order valence-corrected chi connectivity index (χ2v) is 4.83. The molecule has 0 bridgehead atoms. The van der Waals surface area contributed by atoms with Crippen LogP contribution >= 0.6 is 0 Å². The molecule has 1 heterocycles. The van der Waals surface area contributed by atoms with Gasteiger partial charge < -0.3 is 11.1 Å². The number of halogens is 4. The molecule has 0 saturated heterocycles. The second kappa shape index (κ2) is 5.50. The van der Waals surface area contributed by atoms with Gasteiger partial charge in [-0.2, -0.15) is 13.2 Å². The lowest BCUT2D eigenvalue weighted by molar-refractivity contribution is -0.416. The summed E-state index contributed by atoms with van der Waals surface area (Å²) in [5.74, 6) is -3.39. The van der Waals surface area contributed by atoms with Crippen LogP contribution in [0.3, 0.4) is 0 Å². The molecule has 1 aliphatic rings. The highest BCUT2D eigenvalue weighted by molar-refractivity contribution is 5.95. The van der Waals surface area contributed by atoms with Crippen molar-refractivity contribution in [1.29, 1.82) is 0 Å². The molecule has 2 rings (SSSR count). The highest BCUT2D eigenvalue weighted by Gasteiger charge is 2.38. The standard InChI is InChI=1S/C12H11F4N5O2/c13-7-2-1-6(8(3-7)12(14,15)16)4-11(18)19-5-9(21(22)23)10(17)20-11/h1-3,5,19H,4,18H2,(H2,17,20). The van der Waals surface area contributed by atoms with Crippen LogP contribution in [-0.2, 0) is 12.6 Å². The summed E-state index contributed by atoms with van der Waals surface area (Å²) < 4.78 is 52.0. The van der Waals surface area contributed by atoms with Crippen LogP contribution in [0.1, 0.15) is 11.1 Å². The molecule has 7 nitrogen and oxygen atoms in total. The Hall–Kier alpha value is -2.69. The molecule has 0 radical (unpaired) electrons. The number of nitrogens with two attached hydrogens (primary N) is 2. The molecular weight excluding hydrogens is 322 g/mol. The maximum absolute atomic E-state index is 13.1. The Morgan fingerprint density at radius 1 is 1.39 bits per heavy atom. The van der Waals surface area contributed by atoms with Gasteiger partial charge in [-0.3, -0.25) is 15.8 Å². The number of nitro groups is 1. The van der Waals surface area contributed by atoms with E-state index in [1.54, 1.807) is 0 Å². The first-order valence-electron chi connectivity index (χ1n) is 6.14. The molecule has 1 aromatic carbocycles. The molecule has 0 saturated carbocycles. The van der Waals surface area contributed by atoms with Crippen LogP contribution < -0.4 is 16.8 Å². The molecule has 1 aliphatic heterocycles. The van der Waals surface area contributed by atoms with Crippen molar-refractivity contribution in [3.63, 3.8) is 0 Å². The quantitative estimate of drug-likeness (QED) is 0.434. The molecule has 11 heteroatoms. The Kier molecular flexibility index (Phi) is 3.99. The number of rotatable bonds is 3. The summed E-state index contributed by atoms with van der Waals surface area (Å²) in [5.41, 5.74) is 9.09. The van der Waals surface area contributed by atoms with Crippen LogP contribution in [0.2, 0.25) is 0 Å². The van der Waals surface area contributed by atoms with Crippen molar-refractivity contribution >= 4 is 5.84 Å². The third-order valence-electron chi connectivity index (χ3n) is 3.08. The molecule has 124 valence electrons. The maximum atomic E-state index is 13.1. The molecule has 5 N–H and O–H groups in total. The lowest BCUT2D eigenvalue weighted by atomic mass is 9.99. The Morgan fingerprint density at radius 2 is 2.04 bits per heavy atom. The molecule has 0 spiro atoms. The fraction of sp³-hybridized carbons (Fsp3) is 0.250. The van der Waals surface area contributed by atoms with Crippen molar-refractivity contribution in [2.75, 3.05) is 0 Å². The molecule has 0 aromatic heterocycles. The van der Waals surface area contributed by atoms with Gasteiger partial charge in [0.25, 0.3) is 0 Å². The van der Waals surface area contributed by atoms with Crippen LogP contribution in [0, 0.1) is 15.9 Å². The van der Waals surface area contributed by atoms with E-state index in [9.17, 15) is 27.7 Å². The van der Waals surface area contributed by atoms with E-state index >= 15 is 0 Å². The number of amidine groups is 1. The molecule has 0 aliphatic carbocycles. The lowest BCUT2D eigenvalue weighted by Gasteiger charge is -2.29. The van der Waals surface area contributed by atoms with Crippen LogP contribution in [0.5, 0.6) is 0 Å². The first-order valence-corrected chi connectivity index (χ1v) is 6.14. The number of hydrogen-bond acceptors (Lipinski definition) is 6. The summed E-state index contributed by atoms with van der Waals surface area (Å²) >= 11 is 0. The van der Waals surface area contributed by atoms with Gasteiger partial charge in [-0.1, -0.05) is 6.07 Å².